The molecular formula is C25H17N. The van der Waals surface area contributed by atoms with Crippen molar-refractivity contribution in [2.75, 3.05) is 0 Å². The highest BCUT2D eigenvalue weighted by Gasteiger charge is 2.18. The highest BCUT2D eigenvalue weighted by atomic mass is 14.7. The molecule has 0 aliphatic heterocycles. The number of nitrogens with one attached hydrogen (secondary N) is 1. The molecular weight excluding hydrogens is 314 g/mol. The lowest BCUT2D eigenvalue weighted by Gasteiger charge is -2.07. The van der Waals surface area contributed by atoms with E-state index in [1.54, 1.807) is 0 Å². The maximum absolute atomic E-state index is 3.56. The molecule has 1 nitrogen and oxygen atoms in total. The number of rotatable bonds is 1. The average Bonchev–Trinajstić information content (AvgIpc) is 3.25. The van der Waals surface area contributed by atoms with Crippen LogP contribution in [0.15, 0.2) is 84.9 Å². The number of fused-ring (bicyclic) bond motifs is 6. The van der Waals surface area contributed by atoms with Gasteiger partial charge in [0.2, 0.25) is 0 Å². The minimum Gasteiger partial charge on any atom is -0.354 e. The highest BCUT2D eigenvalue weighted by Crippen LogP contribution is 2.39. The lowest BCUT2D eigenvalue weighted by Crippen LogP contribution is -1.83. The molecule has 0 unspecified atom stereocenters. The van der Waals surface area contributed by atoms with Crippen LogP contribution in [-0.2, 0) is 6.42 Å². The summed E-state index contributed by atoms with van der Waals surface area (Å²) >= 11 is 0. The average molecular weight is 331 g/mol. The Bertz CT molecular complexity index is 1310. The third-order valence-electron chi connectivity index (χ3n) is 5.64. The molecule has 0 amide bonds. The Hall–Kier alpha value is -3.32. The van der Waals surface area contributed by atoms with Crippen molar-refractivity contribution in [3.63, 3.8) is 0 Å². The molecule has 5 aromatic rings. The molecule has 0 saturated carbocycles. The Morgan fingerprint density at radius 2 is 1.27 bits per heavy atom. The van der Waals surface area contributed by atoms with Gasteiger partial charge in [-0.25, -0.2) is 0 Å². The van der Waals surface area contributed by atoms with Crippen LogP contribution in [0.2, 0.25) is 0 Å². The number of hydrogen-bond donors (Lipinski definition) is 1. The molecule has 1 aromatic heterocycles. The highest BCUT2D eigenvalue weighted by molar-refractivity contribution is 6.08. The lowest BCUT2D eigenvalue weighted by molar-refractivity contribution is 1.26. The Balaban J connectivity index is 1.53. The summed E-state index contributed by atoms with van der Waals surface area (Å²) in [7, 11) is 0. The second-order valence-electron chi connectivity index (χ2n) is 7.14. The van der Waals surface area contributed by atoms with Crippen LogP contribution >= 0.6 is 0 Å². The predicted molar refractivity (Wildman–Crippen MR) is 109 cm³/mol. The Morgan fingerprint density at radius 1 is 0.538 bits per heavy atom. The fourth-order valence-corrected chi connectivity index (χ4v) is 4.34. The molecule has 122 valence electrons. The summed E-state index contributed by atoms with van der Waals surface area (Å²) in [6, 6.07) is 30.9. The van der Waals surface area contributed by atoms with E-state index in [9.17, 15) is 0 Å². The number of H-pyrrole nitrogens is 1. The SMILES string of the molecule is c1ccc2c(c1)Cc1ccc(-c3ccc4c(c3)[nH]c3ccccc34)cc1-2. The van der Waals surface area contributed by atoms with E-state index in [4.69, 9.17) is 0 Å². The number of aromatic amines is 1. The molecule has 4 aromatic carbocycles. The molecule has 0 radical (unpaired) electrons. The van der Waals surface area contributed by atoms with Gasteiger partial charge in [-0.15, -0.1) is 0 Å². The smallest absolute Gasteiger partial charge is 0.0471 e. The molecule has 6 rings (SSSR count). The van der Waals surface area contributed by atoms with Crippen molar-refractivity contribution in [3.05, 3.63) is 96.1 Å². The third-order valence-corrected chi connectivity index (χ3v) is 5.64. The van der Waals surface area contributed by atoms with Gasteiger partial charge in [0.15, 0.2) is 0 Å². The maximum atomic E-state index is 3.56. The number of para-hydroxylation sites is 1. The van der Waals surface area contributed by atoms with Gasteiger partial charge in [-0.3, -0.25) is 0 Å². The minimum absolute atomic E-state index is 1.05. The van der Waals surface area contributed by atoms with Crippen molar-refractivity contribution in [1.82, 2.24) is 4.98 Å². The summed E-state index contributed by atoms with van der Waals surface area (Å²) in [5.74, 6) is 0. The minimum atomic E-state index is 1.05. The standard InChI is InChI=1S/C25H17N/c1-2-6-20-18(5-1)13-19-10-9-16(14-23(19)20)17-11-12-22-21-7-3-4-8-24(21)26-25(22)15-17/h1-12,14-15,26H,13H2. The largest absolute Gasteiger partial charge is 0.354 e. The molecule has 0 spiro atoms. The van der Waals surface area contributed by atoms with Crippen molar-refractivity contribution in [1.29, 1.82) is 0 Å². The summed E-state index contributed by atoms with van der Waals surface area (Å²) < 4.78 is 0. The van der Waals surface area contributed by atoms with Crippen molar-refractivity contribution < 1.29 is 0 Å². The van der Waals surface area contributed by atoms with E-state index >= 15 is 0 Å². The Morgan fingerprint density at radius 3 is 2.27 bits per heavy atom. The summed E-state index contributed by atoms with van der Waals surface area (Å²) in [5.41, 5.74) is 10.6. The molecule has 1 aliphatic rings. The molecule has 1 heteroatoms. The van der Waals surface area contributed by atoms with Gasteiger partial charge in [0, 0.05) is 21.8 Å². The van der Waals surface area contributed by atoms with E-state index in [2.05, 4.69) is 89.9 Å². The van der Waals surface area contributed by atoms with Crippen molar-refractivity contribution >= 4 is 21.8 Å². The molecule has 0 fully saturated rings. The zero-order valence-corrected chi connectivity index (χ0v) is 14.3. The fourth-order valence-electron chi connectivity index (χ4n) is 4.34. The van der Waals surface area contributed by atoms with Crippen LogP contribution in [0.4, 0.5) is 0 Å². The first-order chi connectivity index (χ1) is 12.9. The Labute approximate surface area is 151 Å². The van der Waals surface area contributed by atoms with E-state index in [-0.39, 0.29) is 0 Å². The molecule has 1 heterocycles. The van der Waals surface area contributed by atoms with Crippen molar-refractivity contribution in [2.24, 2.45) is 0 Å². The van der Waals surface area contributed by atoms with Gasteiger partial charge in [-0.1, -0.05) is 66.7 Å². The molecule has 0 bridgehead atoms. The van der Waals surface area contributed by atoms with Gasteiger partial charge in [0.1, 0.15) is 0 Å². The molecule has 0 atom stereocenters. The first-order valence-electron chi connectivity index (χ1n) is 9.09. The normalized spacial score (nSPS) is 12.5. The second kappa shape index (κ2) is 5.09. The van der Waals surface area contributed by atoms with Crippen LogP contribution in [0.5, 0.6) is 0 Å². The maximum Gasteiger partial charge on any atom is 0.0471 e. The van der Waals surface area contributed by atoms with Gasteiger partial charge < -0.3 is 4.98 Å². The van der Waals surface area contributed by atoms with Gasteiger partial charge in [0.25, 0.3) is 0 Å². The van der Waals surface area contributed by atoms with Crippen LogP contribution in [-0.4, -0.2) is 4.98 Å². The quantitative estimate of drug-likeness (QED) is 0.351. The molecule has 0 saturated heterocycles. The molecule has 1 N–H and O–H groups in total. The lowest BCUT2D eigenvalue weighted by atomic mass is 9.98. The monoisotopic (exact) mass is 331 g/mol. The van der Waals surface area contributed by atoms with Gasteiger partial charge in [-0.05, 0) is 58.0 Å². The molecule has 26 heavy (non-hydrogen) atoms. The predicted octanol–water partition coefficient (Wildman–Crippen LogP) is 6.56. The number of benzene rings is 4. The van der Waals surface area contributed by atoms with Crippen molar-refractivity contribution in [2.45, 2.75) is 6.42 Å². The zero-order valence-electron chi connectivity index (χ0n) is 14.3. The summed E-state index contributed by atoms with van der Waals surface area (Å²) in [6.07, 6.45) is 1.05. The fraction of sp³-hybridized carbons (Fsp3) is 0.0400. The van der Waals surface area contributed by atoms with Crippen LogP contribution < -0.4 is 0 Å². The van der Waals surface area contributed by atoms with Crippen LogP contribution in [0, 0.1) is 0 Å². The summed E-state index contributed by atoms with van der Waals surface area (Å²) in [6.45, 7) is 0. The van der Waals surface area contributed by atoms with Gasteiger partial charge in [-0.2, -0.15) is 0 Å². The van der Waals surface area contributed by atoms with E-state index in [0.29, 0.717) is 0 Å². The van der Waals surface area contributed by atoms with Gasteiger partial charge >= 0.3 is 0 Å². The first-order valence-corrected chi connectivity index (χ1v) is 9.09. The first kappa shape index (κ1) is 13.9. The van der Waals surface area contributed by atoms with Crippen LogP contribution in [0.3, 0.4) is 0 Å². The van der Waals surface area contributed by atoms with Crippen LogP contribution in [0.1, 0.15) is 11.1 Å². The zero-order chi connectivity index (χ0) is 17.1. The van der Waals surface area contributed by atoms with E-state index in [1.165, 1.54) is 55.2 Å². The second-order valence-corrected chi connectivity index (χ2v) is 7.14. The van der Waals surface area contributed by atoms with Gasteiger partial charge in [0.05, 0.1) is 0 Å². The third kappa shape index (κ3) is 1.91. The van der Waals surface area contributed by atoms with E-state index < -0.39 is 0 Å². The van der Waals surface area contributed by atoms with E-state index in [1.807, 2.05) is 0 Å². The molecule has 1 aliphatic carbocycles. The number of aromatic nitrogens is 1. The summed E-state index contributed by atoms with van der Waals surface area (Å²) in [4.78, 5) is 3.56. The Kier molecular flexibility index (Phi) is 2.72. The van der Waals surface area contributed by atoms with Crippen LogP contribution in [0.25, 0.3) is 44.1 Å². The number of hydrogen-bond acceptors (Lipinski definition) is 0. The van der Waals surface area contributed by atoms with Crippen molar-refractivity contribution in [3.8, 4) is 22.3 Å². The summed E-state index contributed by atoms with van der Waals surface area (Å²) in [5, 5.41) is 2.58. The topological polar surface area (TPSA) is 15.8 Å². The van der Waals surface area contributed by atoms with E-state index in [0.717, 1.165) is 6.42 Å².